The molecule has 0 unspecified atom stereocenters. The van der Waals surface area contributed by atoms with Gasteiger partial charge < -0.3 is 4.42 Å². The molecule has 0 N–H and O–H groups in total. The minimum atomic E-state index is -2.76. The average Bonchev–Trinajstić information content (AvgIpc) is 3.80. The number of pyridine rings is 1. The third-order valence-corrected chi connectivity index (χ3v) is 9.81. The van der Waals surface area contributed by atoms with Crippen LogP contribution in [0.15, 0.2) is 120 Å². The second-order valence-corrected chi connectivity index (χ2v) is 12.6. The van der Waals surface area contributed by atoms with Gasteiger partial charge in [-0.25, -0.2) is 0 Å². The highest BCUT2D eigenvalue weighted by Gasteiger charge is 2.19. The molecular formula is C45H37NO. The lowest BCUT2D eigenvalue weighted by molar-refractivity contribution is 0.674. The smallest absolute Gasteiger partial charge is 0.144 e. The average molecular weight is 618 g/mol. The van der Waals surface area contributed by atoms with Crippen LogP contribution in [0.1, 0.15) is 67.5 Å². The molecule has 2 nitrogen and oxygen atoms in total. The quantitative estimate of drug-likeness (QED) is 0.184. The van der Waals surface area contributed by atoms with Crippen LogP contribution in [0, 0.1) is 20.6 Å². The van der Waals surface area contributed by atoms with Crippen molar-refractivity contribution in [2.45, 2.75) is 52.1 Å². The van der Waals surface area contributed by atoms with Crippen molar-refractivity contribution >= 4 is 43.5 Å². The van der Waals surface area contributed by atoms with Gasteiger partial charge in [-0.2, -0.15) is 0 Å². The van der Waals surface area contributed by atoms with Crippen molar-refractivity contribution in [3.8, 4) is 33.5 Å². The summed E-state index contributed by atoms with van der Waals surface area (Å²) in [5, 5.41) is 5.81. The summed E-state index contributed by atoms with van der Waals surface area (Å²) in [5.41, 5.74) is 3.15. The van der Waals surface area contributed by atoms with E-state index in [9.17, 15) is 0 Å². The van der Waals surface area contributed by atoms with E-state index in [-0.39, 0.29) is 33.4 Å². The predicted octanol–water partition coefficient (Wildman–Crippen LogP) is 12.9. The Morgan fingerprint density at radius 2 is 1.32 bits per heavy atom. The zero-order valence-electron chi connectivity index (χ0n) is 35.7. The molecule has 6 aromatic carbocycles. The molecule has 1 fully saturated rings. The van der Waals surface area contributed by atoms with Gasteiger partial charge in [-0.1, -0.05) is 104 Å². The first kappa shape index (κ1) is 19.5. The summed E-state index contributed by atoms with van der Waals surface area (Å²) in [4.78, 5) is 4.62. The van der Waals surface area contributed by atoms with Crippen LogP contribution >= 0.6 is 0 Å². The molecule has 0 bridgehead atoms. The Balaban J connectivity index is 1.27. The maximum Gasteiger partial charge on any atom is 0.144 e. The highest BCUT2D eigenvalue weighted by atomic mass is 16.3. The van der Waals surface area contributed by atoms with Gasteiger partial charge in [0.2, 0.25) is 0 Å². The van der Waals surface area contributed by atoms with Crippen molar-refractivity contribution in [2.75, 3.05) is 0 Å². The van der Waals surface area contributed by atoms with Crippen LogP contribution in [0.3, 0.4) is 0 Å². The molecule has 1 aliphatic rings. The maximum atomic E-state index is 8.94. The van der Waals surface area contributed by atoms with Crippen molar-refractivity contribution in [1.29, 1.82) is 0 Å². The van der Waals surface area contributed by atoms with E-state index in [0.29, 0.717) is 28.0 Å². The first-order valence-electron chi connectivity index (χ1n) is 21.1. The normalized spacial score (nSPS) is 18.5. The molecular weight excluding hydrogens is 571 g/mol. The van der Waals surface area contributed by atoms with Crippen molar-refractivity contribution in [1.82, 2.24) is 4.98 Å². The first-order valence-corrected chi connectivity index (χ1v) is 16.1. The fourth-order valence-corrected chi connectivity index (χ4v) is 7.41. The molecule has 8 aromatic rings. The zero-order chi connectivity index (χ0) is 40.1. The Labute approximate surface area is 289 Å². The molecule has 9 rings (SSSR count). The second kappa shape index (κ2) is 11.0. The van der Waals surface area contributed by atoms with E-state index in [1.54, 1.807) is 12.1 Å². The molecule has 1 aliphatic carbocycles. The third-order valence-electron chi connectivity index (χ3n) is 9.81. The van der Waals surface area contributed by atoms with E-state index in [2.05, 4.69) is 35.3 Å². The minimum Gasteiger partial charge on any atom is -0.455 e. The Bertz CT molecular complexity index is 2880. The van der Waals surface area contributed by atoms with Gasteiger partial charge in [-0.15, -0.1) is 0 Å². The molecule has 0 saturated heterocycles. The van der Waals surface area contributed by atoms with Gasteiger partial charge in [-0.3, -0.25) is 4.98 Å². The van der Waals surface area contributed by atoms with Gasteiger partial charge >= 0.3 is 0 Å². The molecule has 0 spiro atoms. The molecule has 47 heavy (non-hydrogen) atoms. The lowest BCUT2D eigenvalue weighted by Gasteiger charge is -2.16. The van der Waals surface area contributed by atoms with Crippen molar-refractivity contribution in [2.24, 2.45) is 0 Å². The predicted molar refractivity (Wildman–Crippen MR) is 198 cm³/mol. The number of hydrogen-bond acceptors (Lipinski definition) is 2. The highest BCUT2D eigenvalue weighted by Crippen LogP contribution is 2.42. The third kappa shape index (κ3) is 4.58. The van der Waals surface area contributed by atoms with Gasteiger partial charge in [-0.05, 0) is 118 Å². The molecule has 2 heteroatoms. The number of furan rings is 1. The number of fused-ring (bicyclic) bond motifs is 7. The summed E-state index contributed by atoms with van der Waals surface area (Å²) in [6, 6.07) is 33.3. The Hall–Kier alpha value is -5.21. The number of aryl methyl sites for hydroxylation is 3. The SMILES string of the molecule is [2H]C([2H])([2H])c1cc(-c2cc(-c3cccc4c3oc3c4ccc4ccc5ccccc5c43)ncc2C([2H])([2H])[2H])c(C([2H])([2H])[2H])cc1-c1ccc(C2([2H])CCCC2)cc1. The van der Waals surface area contributed by atoms with Gasteiger partial charge in [0.15, 0.2) is 0 Å². The molecule has 0 amide bonds. The molecule has 2 aromatic heterocycles. The Morgan fingerprint density at radius 1 is 0.617 bits per heavy atom. The molecule has 228 valence electrons. The molecule has 1 saturated carbocycles. The standard InChI is InChI=1S/C45H37NO/c1-27-24-40(28(2)23-39(27)33-17-15-31(16-18-33)30-9-4-5-10-30)41-25-42(46-26-29(41)3)38-14-8-13-36-37-22-21-34-20-19-32-11-6-7-12-35(32)43(34)45(37)47-44(36)38/h6-8,11-26,30H,4-5,9-10H2,1-3H3/i1D3,2D3,3D3,30D. The molecule has 0 aliphatic heterocycles. The monoisotopic (exact) mass is 617 g/mol. The lowest BCUT2D eigenvalue weighted by Crippen LogP contribution is -1.95. The summed E-state index contributed by atoms with van der Waals surface area (Å²) >= 11 is 0. The molecule has 2 heterocycles. The Kier molecular flexibility index (Phi) is 4.53. The number of benzene rings is 6. The van der Waals surface area contributed by atoms with E-state index < -0.39 is 26.4 Å². The molecule has 0 radical (unpaired) electrons. The number of para-hydroxylation sites is 1. The summed E-state index contributed by atoms with van der Waals surface area (Å²) in [7, 11) is 0. The number of hydrogen-bond donors (Lipinski definition) is 0. The topological polar surface area (TPSA) is 26.0 Å². The summed E-state index contributed by atoms with van der Waals surface area (Å²) in [5.74, 6) is -0.710. The van der Waals surface area contributed by atoms with E-state index in [1.165, 1.54) is 24.4 Å². The van der Waals surface area contributed by atoms with Crippen LogP contribution in [0.5, 0.6) is 0 Å². The number of nitrogens with zero attached hydrogens (tertiary/aromatic N) is 1. The fraction of sp³-hybridized carbons (Fsp3) is 0.178. The maximum absolute atomic E-state index is 8.94. The first-order chi connectivity index (χ1) is 27.0. The fourth-order valence-electron chi connectivity index (χ4n) is 7.41. The van der Waals surface area contributed by atoms with Crippen molar-refractivity contribution < 1.29 is 18.1 Å². The van der Waals surface area contributed by atoms with Gasteiger partial charge in [0.1, 0.15) is 11.2 Å². The number of aromatic nitrogens is 1. The lowest BCUT2D eigenvalue weighted by atomic mass is 9.89. The van der Waals surface area contributed by atoms with E-state index in [0.717, 1.165) is 63.6 Å². The summed E-state index contributed by atoms with van der Waals surface area (Å²) in [6.45, 7) is -8.18. The second-order valence-electron chi connectivity index (χ2n) is 12.6. The summed E-state index contributed by atoms with van der Waals surface area (Å²) < 4.78 is 92.8. The number of rotatable bonds is 4. The van der Waals surface area contributed by atoms with Crippen LogP contribution in [0.25, 0.3) is 77.0 Å². The van der Waals surface area contributed by atoms with Crippen LogP contribution < -0.4 is 0 Å². The highest BCUT2D eigenvalue weighted by molar-refractivity contribution is 6.23. The van der Waals surface area contributed by atoms with Crippen LogP contribution in [-0.2, 0) is 0 Å². The van der Waals surface area contributed by atoms with Crippen LogP contribution in [-0.4, -0.2) is 4.98 Å². The van der Waals surface area contributed by atoms with Crippen LogP contribution in [0.2, 0.25) is 0 Å². The van der Waals surface area contributed by atoms with Crippen molar-refractivity contribution in [3.05, 3.63) is 138 Å². The summed E-state index contributed by atoms with van der Waals surface area (Å²) in [6.07, 6.45) is 4.64. The Morgan fingerprint density at radius 3 is 2.17 bits per heavy atom. The van der Waals surface area contributed by atoms with Crippen LogP contribution in [0.4, 0.5) is 0 Å². The minimum absolute atomic E-state index is 0.0263. The van der Waals surface area contributed by atoms with E-state index in [1.807, 2.05) is 48.5 Å². The van der Waals surface area contributed by atoms with Crippen molar-refractivity contribution in [3.63, 3.8) is 0 Å². The van der Waals surface area contributed by atoms with Gasteiger partial charge in [0, 0.05) is 41.6 Å². The molecule has 0 atom stereocenters. The van der Waals surface area contributed by atoms with Gasteiger partial charge in [0.05, 0.1) is 5.69 Å². The van der Waals surface area contributed by atoms with E-state index in [4.69, 9.17) is 18.1 Å². The van der Waals surface area contributed by atoms with E-state index >= 15 is 0 Å². The van der Waals surface area contributed by atoms with Gasteiger partial charge in [0.25, 0.3) is 0 Å². The largest absolute Gasteiger partial charge is 0.455 e. The zero-order valence-corrected chi connectivity index (χ0v) is 25.7.